The Hall–Kier alpha value is -2.47. The average molecular weight is 375 g/mol. The summed E-state index contributed by atoms with van der Waals surface area (Å²) in [6.45, 7) is 1.71. The first-order valence-corrected chi connectivity index (χ1v) is 9.25. The van der Waals surface area contributed by atoms with Gasteiger partial charge in [-0.25, -0.2) is 4.39 Å². The number of benzene rings is 2. The van der Waals surface area contributed by atoms with Crippen molar-refractivity contribution in [2.45, 2.75) is 17.9 Å². The number of thioether (sulfide) groups is 1. The number of carbonyl (C=O) groups excluding carboxylic acids is 1. The molecular weight excluding hydrogens is 353 g/mol. The van der Waals surface area contributed by atoms with E-state index in [0.717, 1.165) is 10.5 Å². The second-order valence-corrected chi connectivity index (χ2v) is 6.45. The fraction of sp³-hybridized carbons (Fsp3) is 0.250. The number of methoxy groups -OCH3 is 2. The molecule has 1 amide bonds. The van der Waals surface area contributed by atoms with E-state index < -0.39 is 11.9 Å². The highest BCUT2D eigenvalue weighted by molar-refractivity contribution is 7.98. The Kier molecular flexibility index (Phi) is 7.09. The third kappa shape index (κ3) is 5.02. The van der Waals surface area contributed by atoms with Crippen LogP contribution in [0.4, 0.5) is 4.39 Å². The van der Waals surface area contributed by atoms with Crippen molar-refractivity contribution in [1.29, 1.82) is 0 Å². The molecule has 1 atom stereocenters. The van der Waals surface area contributed by atoms with E-state index in [0.29, 0.717) is 17.1 Å². The van der Waals surface area contributed by atoms with Gasteiger partial charge in [-0.2, -0.15) is 0 Å². The van der Waals surface area contributed by atoms with Gasteiger partial charge in [-0.1, -0.05) is 12.1 Å². The highest BCUT2D eigenvalue weighted by atomic mass is 32.2. The van der Waals surface area contributed by atoms with Crippen LogP contribution in [-0.2, 0) is 4.79 Å². The summed E-state index contributed by atoms with van der Waals surface area (Å²) in [6.07, 6.45) is 5.16. The van der Waals surface area contributed by atoms with Gasteiger partial charge in [-0.3, -0.25) is 4.79 Å². The minimum absolute atomic E-state index is 0.305. The molecule has 0 radical (unpaired) electrons. The van der Waals surface area contributed by atoms with Gasteiger partial charge >= 0.3 is 0 Å². The van der Waals surface area contributed by atoms with Gasteiger partial charge < -0.3 is 14.8 Å². The third-order valence-corrected chi connectivity index (χ3v) is 4.61. The molecule has 0 saturated carbocycles. The van der Waals surface area contributed by atoms with Crippen molar-refractivity contribution in [1.82, 2.24) is 5.32 Å². The van der Waals surface area contributed by atoms with Crippen LogP contribution in [0.5, 0.6) is 11.5 Å². The Bertz CT molecular complexity index is 790. The molecule has 0 saturated heterocycles. The molecule has 0 aliphatic heterocycles. The van der Waals surface area contributed by atoms with E-state index in [2.05, 4.69) is 5.32 Å². The molecule has 0 aliphatic rings. The van der Waals surface area contributed by atoms with Crippen LogP contribution < -0.4 is 14.8 Å². The standard InChI is InChI=1S/C20H22FNO3S/c1-13(16-11-18(24-2)19(25-3)12-17(16)21)22-20(23)10-7-14-5-8-15(26-4)9-6-14/h5-13H,1-4H3,(H,22,23)/b10-7+. The molecular formula is C20H22FNO3S. The number of ether oxygens (including phenoxy) is 2. The molecule has 138 valence electrons. The Morgan fingerprint density at radius 1 is 1.15 bits per heavy atom. The zero-order valence-corrected chi connectivity index (χ0v) is 16.0. The van der Waals surface area contributed by atoms with Crippen molar-refractivity contribution < 1.29 is 18.7 Å². The second-order valence-electron chi connectivity index (χ2n) is 5.57. The predicted molar refractivity (Wildman–Crippen MR) is 103 cm³/mol. The molecule has 0 bridgehead atoms. The first kappa shape index (κ1) is 19.8. The second kappa shape index (κ2) is 9.29. The lowest BCUT2D eigenvalue weighted by molar-refractivity contribution is -0.117. The van der Waals surface area contributed by atoms with Crippen LogP contribution in [0.15, 0.2) is 47.4 Å². The van der Waals surface area contributed by atoms with Gasteiger partial charge in [0.25, 0.3) is 0 Å². The summed E-state index contributed by atoms with van der Waals surface area (Å²) in [6, 6.07) is 10.1. The first-order valence-electron chi connectivity index (χ1n) is 8.02. The van der Waals surface area contributed by atoms with Crippen molar-refractivity contribution in [2.24, 2.45) is 0 Å². The maximum Gasteiger partial charge on any atom is 0.244 e. The monoisotopic (exact) mass is 375 g/mol. The molecule has 0 spiro atoms. The van der Waals surface area contributed by atoms with Crippen LogP contribution in [0, 0.1) is 5.82 Å². The van der Waals surface area contributed by atoms with Crippen LogP contribution in [0.2, 0.25) is 0 Å². The van der Waals surface area contributed by atoms with Gasteiger partial charge in [-0.05, 0) is 43.0 Å². The minimum atomic E-state index is -0.522. The van der Waals surface area contributed by atoms with Crippen LogP contribution in [0.3, 0.4) is 0 Å². The lowest BCUT2D eigenvalue weighted by Crippen LogP contribution is -2.25. The van der Waals surface area contributed by atoms with Crippen molar-refractivity contribution in [2.75, 3.05) is 20.5 Å². The smallest absolute Gasteiger partial charge is 0.244 e. The lowest BCUT2D eigenvalue weighted by atomic mass is 10.1. The van der Waals surface area contributed by atoms with Crippen LogP contribution in [-0.4, -0.2) is 26.4 Å². The number of hydrogen-bond donors (Lipinski definition) is 1. The molecule has 0 fully saturated rings. The Morgan fingerprint density at radius 2 is 1.77 bits per heavy atom. The molecule has 4 nitrogen and oxygen atoms in total. The minimum Gasteiger partial charge on any atom is -0.493 e. The number of amides is 1. The van der Waals surface area contributed by atoms with Crippen molar-refractivity contribution in [3.8, 4) is 11.5 Å². The quantitative estimate of drug-likeness (QED) is 0.574. The zero-order valence-electron chi connectivity index (χ0n) is 15.2. The molecule has 2 aromatic rings. The third-order valence-electron chi connectivity index (χ3n) is 3.87. The summed E-state index contributed by atoms with van der Waals surface area (Å²) >= 11 is 1.66. The van der Waals surface area contributed by atoms with Gasteiger partial charge in [-0.15, -0.1) is 11.8 Å². The maximum atomic E-state index is 14.3. The molecule has 26 heavy (non-hydrogen) atoms. The van der Waals surface area contributed by atoms with Gasteiger partial charge in [0.1, 0.15) is 5.82 Å². The van der Waals surface area contributed by atoms with Gasteiger partial charge in [0.2, 0.25) is 5.91 Å². The van der Waals surface area contributed by atoms with Crippen LogP contribution in [0.25, 0.3) is 6.08 Å². The first-order chi connectivity index (χ1) is 12.5. The number of hydrogen-bond acceptors (Lipinski definition) is 4. The normalized spacial score (nSPS) is 12.0. The van der Waals surface area contributed by atoms with Crippen LogP contribution >= 0.6 is 11.8 Å². The molecule has 1 N–H and O–H groups in total. The molecule has 0 aliphatic carbocycles. The highest BCUT2D eigenvalue weighted by Gasteiger charge is 2.17. The number of halogens is 1. The van der Waals surface area contributed by atoms with Crippen molar-refractivity contribution in [3.63, 3.8) is 0 Å². The molecule has 2 rings (SSSR count). The maximum absolute atomic E-state index is 14.3. The Morgan fingerprint density at radius 3 is 2.35 bits per heavy atom. The summed E-state index contributed by atoms with van der Waals surface area (Å²) in [5, 5.41) is 2.75. The molecule has 2 aromatic carbocycles. The summed E-state index contributed by atoms with van der Waals surface area (Å²) in [5.41, 5.74) is 1.25. The Balaban J connectivity index is 2.07. The number of carbonyl (C=O) groups is 1. The van der Waals surface area contributed by atoms with Crippen LogP contribution in [0.1, 0.15) is 24.1 Å². The van der Waals surface area contributed by atoms with E-state index in [1.165, 1.54) is 32.4 Å². The van der Waals surface area contributed by atoms with Crippen molar-refractivity contribution in [3.05, 3.63) is 59.4 Å². The molecule has 0 heterocycles. The summed E-state index contributed by atoms with van der Waals surface area (Å²) in [4.78, 5) is 13.3. The van der Waals surface area contributed by atoms with E-state index in [4.69, 9.17) is 9.47 Å². The summed E-state index contributed by atoms with van der Waals surface area (Å²) in [7, 11) is 2.92. The molecule has 1 unspecified atom stereocenters. The van der Waals surface area contributed by atoms with Gasteiger partial charge in [0, 0.05) is 22.6 Å². The molecule has 6 heteroatoms. The van der Waals surface area contributed by atoms with Gasteiger partial charge in [0.05, 0.1) is 20.3 Å². The highest BCUT2D eigenvalue weighted by Crippen LogP contribution is 2.32. The average Bonchev–Trinajstić information content (AvgIpc) is 2.66. The number of rotatable bonds is 7. The van der Waals surface area contributed by atoms with E-state index in [1.54, 1.807) is 24.8 Å². The van der Waals surface area contributed by atoms with E-state index in [1.807, 2.05) is 30.5 Å². The SMILES string of the molecule is COc1cc(F)c(C(C)NC(=O)/C=C/c2ccc(SC)cc2)cc1OC. The fourth-order valence-corrected chi connectivity index (χ4v) is 2.84. The predicted octanol–water partition coefficient (Wildman–Crippen LogP) is 4.46. The van der Waals surface area contributed by atoms with Gasteiger partial charge in [0.15, 0.2) is 11.5 Å². The fourth-order valence-electron chi connectivity index (χ4n) is 2.43. The van der Waals surface area contributed by atoms with E-state index >= 15 is 0 Å². The van der Waals surface area contributed by atoms with Crippen molar-refractivity contribution >= 4 is 23.7 Å². The largest absolute Gasteiger partial charge is 0.493 e. The van der Waals surface area contributed by atoms with E-state index in [9.17, 15) is 9.18 Å². The zero-order chi connectivity index (χ0) is 19.1. The lowest BCUT2D eigenvalue weighted by Gasteiger charge is -2.16. The summed E-state index contributed by atoms with van der Waals surface area (Å²) < 4.78 is 24.5. The number of nitrogens with one attached hydrogen (secondary N) is 1. The van der Waals surface area contributed by atoms with E-state index in [-0.39, 0.29) is 5.91 Å². The summed E-state index contributed by atoms with van der Waals surface area (Å²) in [5.74, 6) is -0.0528. The molecule has 0 aromatic heterocycles. The Labute approximate surface area is 157 Å². The topological polar surface area (TPSA) is 47.6 Å².